The molecule has 0 amide bonds. The number of benzene rings is 2. The van der Waals surface area contributed by atoms with Gasteiger partial charge in [0.15, 0.2) is 0 Å². The smallest absolute Gasteiger partial charge is 0.317 e. The molecule has 0 spiro atoms. The number of nitrogens with zero attached hydrogens (tertiary/aromatic N) is 2. The number of aliphatic carboxylic acids is 2. The quantitative estimate of drug-likeness (QED) is 0.383. The Labute approximate surface area is 188 Å². The van der Waals surface area contributed by atoms with Crippen molar-refractivity contribution >= 4 is 11.9 Å². The molecule has 154 valence electrons. The van der Waals surface area contributed by atoms with E-state index in [0.29, 0.717) is 11.1 Å². The Bertz CT molecular complexity index is 750. The third-order valence-corrected chi connectivity index (χ3v) is 4.22. The summed E-state index contributed by atoms with van der Waals surface area (Å²) in [5.41, 5.74) is 1.18. The van der Waals surface area contributed by atoms with E-state index in [4.69, 9.17) is 10.2 Å². The van der Waals surface area contributed by atoms with Crippen molar-refractivity contribution in [1.82, 2.24) is 9.80 Å². The molecule has 0 unspecified atom stereocenters. The van der Waals surface area contributed by atoms with Crippen molar-refractivity contribution in [2.75, 3.05) is 26.2 Å². The minimum atomic E-state index is -1.01. The fourth-order valence-electron chi connectivity index (χ4n) is 2.86. The molecule has 0 aromatic heterocycles. The van der Waals surface area contributed by atoms with Crippen molar-refractivity contribution in [3.63, 3.8) is 0 Å². The molecule has 0 aliphatic heterocycles. The largest absolute Gasteiger partial charge is 0.508 e. The van der Waals surface area contributed by atoms with Crippen LogP contribution in [-0.2, 0) is 48.9 Å². The number of hydrogen-bond donors (Lipinski definition) is 4. The van der Waals surface area contributed by atoms with Crippen LogP contribution >= 0.6 is 0 Å². The Morgan fingerprint density at radius 1 is 0.690 bits per heavy atom. The monoisotopic (exact) mass is 478 g/mol. The van der Waals surface area contributed by atoms with E-state index in [2.05, 4.69) is 0 Å². The summed E-state index contributed by atoms with van der Waals surface area (Å²) in [7, 11) is 0. The molecule has 2 aromatic carbocycles. The summed E-state index contributed by atoms with van der Waals surface area (Å²) < 4.78 is 0. The van der Waals surface area contributed by atoms with E-state index >= 15 is 0 Å². The van der Waals surface area contributed by atoms with Crippen LogP contribution in [0.5, 0.6) is 11.5 Å². The van der Waals surface area contributed by atoms with Gasteiger partial charge in [0.2, 0.25) is 0 Å². The van der Waals surface area contributed by atoms with Gasteiger partial charge in [-0.25, -0.2) is 0 Å². The Morgan fingerprint density at radius 3 is 1.34 bits per heavy atom. The molecule has 0 radical (unpaired) electrons. The maximum absolute atomic E-state index is 11.2. The zero-order valence-electron chi connectivity index (χ0n) is 15.9. The molecule has 0 aliphatic rings. The molecule has 0 saturated heterocycles. The summed E-state index contributed by atoms with van der Waals surface area (Å²) in [5, 5.41) is 38.2. The second-order valence-corrected chi connectivity index (χ2v) is 6.47. The minimum absolute atomic E-state index is 0. The van der Waals surface area contributed by atoms with Crippen LogP contribution in [0.25, 0.3) is 0 Å². The van der Waals surface area contributed by atoms with E-state index in [1.165, 1.54) is 12.1 Å². The summed E-state index contributed by atoms with van der Waals surface area (Å²) in [6, 6.07) is 13.4. The molecule has 29 heavy (non-hydrogen) atoms. The first-order chi connectivity index (χ1) is 13.3. The van der Waals surface area contributed by atoms with Crippen LogP contribution in [0.2, 0.25) is 0 Å². The van der Waals surface area contributed by atoms with E-state index in [0.717, 1.165) is 0 Å². The van der Waals surface area contributed by atoms with E-state index in [1.807, 2.05) is 0 Å². The number of carboxylic acids is 2. The molecule has 0 aliphatic carbocycles. The molecular formula is C20H24N2O6Zr. The standard InChI is InChI=1S/C20H24N2O6.Zr/c23-17-7-3-1-5-15(17)11-21(13-19(25)26)9-10-22(14-20(27)28)12-16-6-2-4-8-18(16)24;/h1-8,23-24H,9-14H2,(H,25,26)(H,27,28);. The van der Waals surface area contributed by atoms with Crippen LogP contribution in [-0.4, -0.2) is 68.3 Å². The zero-order valence-corrected chi connectivity index (χ0v) is 18.3. The maximum atomic E-state index is 11.2. The number of phenolic OH excluding ortho intramolecular Hbond substituents is 2. The van der Waals surface area contributed by atoms with Crippen molar-refractivity contribution < 1.29 is 56.2 Å². The van der Waals surface area contributed by atoms with Gasteiger partial charge in [0, 0.05) is 63.5 Å². The molecule has 8 nitrogen and oxygen atoms in total. The molecule has 0 heterocycles. The fraction of sp³-hybridized carbons (Fsp3) is 0.300. The zero-order chi connectivity index (χ0) is 20.5. The SMILES string of the molecule is O=C(O)CN(CCN(CC(=O)O)Cc1ccccc1O)Cc1ccccc1O.[Zr]. The first-order valence-corrected chi connectivity index (χ1v) is 8.77. The number of aromatic hydroxyl groups is 2. The second kappa shape index (κ2) is 12.4. The molecule has 4 N–H and O–H groups in total. The molecule has 9 heteroatoms. The van der Waals surface area contributed by atoms with Gasteiger partial charge in [-0.05, 0) is 12.1 Å². The van der Waals surface area contributed by atoms with Crippen LogP contribution in [0, 0.1) is 0 Å². The van der Waals surface area contributed by atoms with Gasteiger partial charge in [-0.3, -0.25) is 19.4 Å². The summed E-state index contributed by atoms with van der Waals surface area (Å²) >= 11 is 0. The van der Waals surface area contributed by atoms with Crippen LogP contribution < -0.4 is 0 Å². The van der Waals surface area contributed by atoms with Crippen molar-refractivity contribution in [3.8, 4) is 11.5 Å². The van der Waals surface area contributed by atoms with Gasteiger partial charge in [-0.2, -0.15) is 0 Å². The second-order valence-electron chi connectivity index (χ2n) is 6.47. The van der Waals surface area contributed by atoms with Gasteiger partial charge >= 0.3 is 11.9 Å². The first kappa shape index (κ1) is 24.8. The van der Waals surface area contributed by atoms with Gasteiger partial charge in [0.1, 0.15) is 11.5 Å². The van der Waals surface area contributed by atoms with Crippen molar-refractivity contribution in [1.29, 1.82) is 0 Å². The molecule has 0 fully saturated rings. The molecule has 0 saturated carbocycles. The summed E-state index contributed by atoms with van der Waals surface area (Å²) in [6.07, 6.45) is 0. The number of hydrogen-bond acceptors (Lipinski definition) is 6. The maximum Gasteiger partial charge on any atom is 0.317 e. The minimum Gasteiger partial charge on any atom is -0.508 e. The van der Waals surface area contributed by atoms with Crippen molar-refractivity contribution in [2.24, 2.45) is 0 Å². The van der Waals surface area contributed by atoms with E-state index < -0.39 is 11.9 Å². The summed E-state index contributed by atoms with van der Waals surface area (Å²) in [5.74, 6) is -1.87. The Morgan fingerprint density at radius 2 is 1.03 bits per heavy atom. The van der Waals surface area contributed by atoms with Gasteiger partial charge in [-0.15, -0.1) is 0 Å². The Balaban J connectivity index is 0.00000420. The van der Waals surface area contributed by atoms with Crippen molar-refractivity contribution in [2.45, 2.75) is 13.1 Å². The number of phenols is 2. The number of carbonyl (C=O) groups is 2. The van der Waals surface area contributed by atoms with Crippen LogP contribution in [0.15, 0.2) is 48.5 Å². The average Bonchev–Trinajstić information content (AvgIpc) is 2.62. The average molecular weight is 480 g/mol. The van der Waals surface area contributed by atoms with Crippen LogP contribution in [0.3, 0.4) is 0 Å². The first-order valence-electron chi connectivity index (χ1n) is 8.77. The molecule has 0 atom stereocenters. The van der Waals surface area contributed by atoms with Gasteiger partial charge < -0.3 is 20.4 Å². The van der Waals surface area contributed by atoms with E-state index in [1.54, 1.807) is 46.2 Å². The van der Waals surface area contributed by atoms with E-state index in [-0.39, 0.29) is 77.0 Å². The molecular weight excluding hydrogens is 455 g/mol. The normalized spacial score (nSPS) is 10.7. The van der Waals surface area contributed by atoms with Gasteiger partial charge in [0.25, 0.3) is 0 Å². The topological polar surface area (TPSA) is 122 Å². The predicted octanol–water partition coefficient (Wildman–Crippen LogP) is 1.57. The molecule has 0 bridgehead atoms. The van der Waals surface area contributed by atoms with Gasteiger partial charge in [0.05, 0.1) is 13.1 Å². The van der Waals surface area contributed by atoms with Crippen LogP contribution in [0.4, 0.5) is 0 Å². The number of rotatable bonds is 11. The third-order valence-electron chi connectivity index (χ3n) is 4.22. The Hall–Kier alpha value is -2.22. The fourth-order valence-corrected chi connectivity index (χ4v) is 2.86. The number of carboxylic acid groups (broad SMARTS) is 2. The van der Waals surface area contributed by atoms with Crippen molar-refractivity contribution in [3.05, 3.63) is 59.7 Å². The number of para-hydroxylation sites is 2. The summed E-state index contributed by atoms with van der Waals surface area (Å²) in [6.45, 7) is 0.508. The molecule has 2 aromatic rings. The van der Waals surface area contributed by atoms with E-state index in [9.17, 15) is 19.8 Å². The Kier molecular flexibility index (Phi) is 10.6. The predicted molar refractivity (Wildman–Crippen MR) is 102 cm³/mol. The summed E-state index contributed by atoms with van der Waals surface area (Å²) in [4.78, 5) is 25.6. The van der Waals surface area contributed by atoms with Crippen LogP contribution in [0.1, 0.15) is 11.1 Å². The molecule has 2 rings (SSSR count). The third kappa shape index (κ3) is 8.77. The van der Waals surface area contributed by atoms with Gasteiger partial charge in [-0.1, -0.05) is 36.4 Å².